The van der Waals surface area contributed by atoms with E-state index in [0.717, 1.165) is 16.5 Å². The third-order valence-electron chi connectivity index (χ3n) is 4.54. The Kier molecular flexibility index (Phi) is 4.87. The molecular formula is C17H23N3O3S. The predicted molar refractivity (Wildman–Crippen MR) is 94.0 cm³/mol. The minimum Gasteiger partial charge on any atom is -0.391 e. The van der Waals surface area contributed by atoms with Gasteiger partial charge in [0, 0.05) is 51.2 Å². The standard InChI is InChI=1S/C17H23N3O3S/c1-19(2)24(22,23)12-15-10-20(11-17(15)21)9-13-5-6-16-14(8-13)4-3-7-18-16/h3-8,15,17,21H,9-12H2,1-2H3/t15-,17-/m0/s1. The first-order valence-electron chi connectivity index (χ1n) is 7.99. The molecule has 130 valence electrons. The molecule has 7 heteroatoms. The van der Waals surface area contributed by atoms with Crippen LogP contribution in [0.15, 0.2) is 36.5 Å². The molecule has 0 aliphatic carbocycles. The van der Waals surface area contributed by atoms with Gasteiger partial charge in [0.2, 0.25) is 10.0 Å². The van der Waals surface area contributed by atoms with Crippen LogP contribution in [0.5, 0.6) is 0 Å². The fourth-order valence-electron chi connectivity index (χ4n) is 3.14. The lowest BCUT2D eigenvalue weighted by molar-refractivity contribution is 0.148. The molecule has 3 rings (SSSR count). The van der Waals surface area contributed by atoms with Crippen molar-refractivity contribution in [1.82, 2.24) is 14.2 Å². The summed E-state index contributed by atoms with van der Waals surface area (Å²) in [5.41, 5.74) is 2.09. The Bertz CT molecular complexity index is 823. The maximum absolute atomic E-state index is 12.0. The molecule has 1 N–H and O–H groups in total. The molecule has 1 aliphatic heterocycles. The molecule has 2 atom stereocenters. The van der Waals surface area contributed by atoms with Gasteiger partial charge < -0.3 is 5.11 Å². The van der Waals surface area contributed by atoms with Gasteiger partial charge in [-0.2, -0.15) is 0 Å². The van der Waals surface area contributed by atoms with Gasteiger partial charge in [0.25, 0.3) is 0 Å². The summed E-state index contributed by atoms with van der Waals surface area (Å²) >= 11 is 0. The van der Waals surface area contributed by atoms with Crippen LogP contribution >= 0.6 is 0 Å². The molecule has 1 aromatic heterocycles. The third-order valence-corrected chi connectivity index (χ3v) is 6.50. The second-order valence-electron chi connectivity index (χ2n) is 6.61. The number of aromatic nitrogens is 1. The van der Waals surface area contributed by atoms with Crippen molar-refractivity contribution < 1.29 is 13.5 Å². The van der Waals surface area contributed by atoms with Crippen LogP contribution in [0, 0.1) is 5.92 Å². The number of fused-ring (bicyclic) bond motifs is 1. The second kappa shape index (κ2) is 6.76. The van der Waals surface area contributed by atoms with Crippen LogP contribution in [-0.4, -0.2) is 66.8 Å². The Morgan fingerprint density at radius 3 is 2.83 bits per heavy atom. The first-order valence-corrected chi connectivity index (χ1v) is 9.60. The number of nitrogens with zero attached hydrogens (tertiary/aromatic N) is 3. The van der Waals surface area contributed by atoms with E-state index in [1.165, 1.54) is 18.4 Å². The smallest absolute Gasteiger partial charge is 0.214 e. The van der Waals surface area contributed by atoms with Gasteiger partial charge in [0.1, 0.15) is 0 Å². The van der Waals surface area contributed by atoms with Gasteiger partial charge in [0.15, 0.2) is 0 Å². The zero-order chi connectivity index (χ0) is 17.3. The fourth-order valence-corrected chi connectivity index (χ4v) is 4.30. The Balaban J connectivity index is 1.68. The molecule has 1 aromatic carbocycles. The number of β-amino-alcohol motifs (C(OH)–C–C–N with tert-alkyl or cyclic N) is 1. The van der Waals surface area contributed by atoms with Crippen molar-refractivity contribution in [3.05, 3.63) is 42.1 Å². The topological polar surface area (TPSA) is 73.7 Å². The Labute approximate surface area is 142 Å². The normalized spacial score (nSPS) is 22.5. The highest BCUT2D eigenvalue weighted by Gasteiger charge is 2.35. The lowest BCUT2D eigenvalue weighted by Crippen LogP contribution is -2.33. The number of aliphatic hydroxyl groups is 1. The van der Waals surface area contributed by atoms with Crippen molar-refractivity contribution in [3.63, 3.8) is 0 Å². The number of rotatable bonds is 5. The van der Waals surface area contributed by atoms with E-state index in [2.05, 4.69) is 16.0 Å². The number of aliphatic hydroxyl groups excluding tert-OH is 1. The van der Waals surface area contributed by atoms with Crippen LogP contribution < -0.4 is 0 Å². The lowest BCUT2D eigenvalue weighted by Gasteiger charge is -2.18. The average Bonchev–Trinajstić information content (AvgIpc) is 2.86. The molecule has 24 heavy (non-hydrogen) atoms. The van der Waals surface area contributed by atoms with Crippen LogP contribution in [0.25, 0.3) is 10.9 Å². The second-order valence-corrected chi connectivity index (χ2v) is 8.84. The Hall–Kier alpha value is -1.54. The molecule has 0 saturated carbocycles. The van der Waals surface area contributed by atoms with Crippen LogP contribution in [0.1, 0.15) is 5.56 Å². The number of hydrogen-bond acceptors (Lipinski definition) is 5. The minimum absolute atomic E-state index is 0.0146. The van der Waals surface area contributed by atoms with E-state index < -0.39 is 16.1 Å². The first kappa shape index (κ1) is 17.3. The van der Waals surface area contributed by atoms with Crippen molar-refractivity contribution in [3.8, 4) is 0 Å². The molecule has 1 aliphatic rings. The first-order chi connectivity index (χ1) is 11.3. The molecule has 0 radical (unpaired) electrons. The minimum atomic E-state index is -3.30. The summed E-state index contributed by atoms with van der Waals surface area (Å²) in [4.78, 5) is 6.42. The largest absolute Gasteiger partial charge is 0.391 e. The van der Waals surface area contributed by atoms with Crippen LogP contribution in [0.3, 0.4) is 0 Å². The molecular weight excluding hydrogens is 326 g/mol. The fraction of sp³-hybridized carbons (Fsp3) is 0.471. The maximum Gasteiger partial charge on any atom is 0.214 e. The molecule has 0 unspecified atom stereocenters. The summed E-state index contributed by atoms with van der Waals surface area (Å²) in [5.74, 6) is -0.265. The number of hydrogen-bond donors (Lipinski definition) is 1. The highest BCUT2D eigenvalue weighted by Crippen LogP contribution is 2.23. The van der Waals surface area contributed by atoms with Crippen molar-refractivity contribution in [1.29, 1.82) is 0 Å². The van der Waals surface area contributed by atoms with E-state index in [1.54, 1.807) is 6.20 Å². The van der Waals surface area contributed by atoms with Crippen LogP contribution in [0.2, 0.25) is 0 Å². The number of sulfonamides is 1. The molecule has 0 bridgehead atoms. The third kappa shape index (κ3) is 3.75. The van der Waals surface area contributed by atoms with E-state index in [1.807, 2.05) is 24.3 Å². The van der Waals surface area contributed by atoms with E-state index in [0.29, 0.717) is 19.6 Å². The molecule has 2 heterocycles. The zero-order valence-corrected chi connectivity index (χ0v) is 14.8. The Morgan fingerprint density at radius 2 is 2.08 bits per heavy atom. The van der Waals surface area contributed by atoms with Crippen molar-refractivity contribution in [2.45, 2.75) is 12.6 Å². The molecule has 1 fully saturated rings. The quantitative estimate of drug-likeness (QED) is 0.869. The van der Waals surface area contributed by atoms with Crippen molar-refractivity contribution in [2.75, 3.05) is 32.9 Å². The summed E-state index contributed by atoms with van der Waals surface area (Å²) in [6.07, 6.45) is 1.16. The lowest BCUT2D eigenvalue weighted by atomic mass is 10.1. The predicted octanol–water partition coefficient (Wildman–Crippen LogP) is 0.919. The van der Waals surface area contributed by atoms with Gasteiger partial charge in [-0.05, 0) is 23.8 Å². The highest BCUT2D eigenvalue weighted by atomic mass is 32.2. The maximum atomic E-state index is 12.0. The van der Waals surface area contributed by atoms with E-state index >= 15 is 0 Å². The molecule has 0 spiro atoms. The highest BCUT2D eigenvalue weighted by molar-refractivity contribution is 7.89. The van der Waals surface area contributed by atoms with Crippen molar-refractivity contribution in [2.24, 2.45) is 5.92 Å². The zero-order valence-electron chi connectivity index (χ0n) is 14.0. The van der Waals surface area contributed by atoms with E-state index in [-0.39, 0.29) is 11.7 Å². The number of likely N-dealkylation sites (tertiary alicyclic amines) is 1. The summed E-state index contributed by atoms with van der Waals surface area (Å²) in [7, 11) is -0.251. The molecule has 1 saturated heterocycles. The molecule has 0 amide bonds. The van der Waals surface area contributed by atoms with Gasteiger partial charge in [-0.3, -0.25) is 9.88 Å². The summed E-state index contributed by atoms with van der Waals surface area (Å²) in [6.45, 7) is 1.78. The molecule has 2 aromatic rings. The summed E-state index contributed by atoms with van der Waals surface area (Å²) in [5, 5.41) is 11.3. The Morgan fingerprint density at radius 1 is 1.29 bits per heavy atom. The van der Waals surface area contributed by atoms with Gasteiger partial charge in [-0.15, -0.1) is 0 Å². The van der Waals surface area contributed by atoms with Crippen molar-refractivity contribution >= 4 is 20.9 Å². The monoisotopic (exact) mass is 349 g/mol. The van der Waals surface area contributed by atoms with Gasteiger partial charge >= 0.3 is 0 Å². The van der Waals surface area contributed by atoms with Gasteiger partial charge in [-0.1, -0.05) is 12.1 Å². The van der Waals surface area contributed by atoms with Crippen LogP contribution in [0.4, 0.5) is 0 Å². The van der Waals surface area contributed by atoms with Crippen LogP contribution in [-0.2, 0) is 16.6 Å². The average molecular weight is 349 g/mol. The summed E-state index contributed by atoms with van der Waals surface area (Å²) in [6, 6.07) is 10.1. The van der Waals surface area contributed by atoms with Gasteiger partial charge in [-0.25, -0.2) is 12.7 Å². The van der Waals surface area contributed by atoms with E-state index in [4.69, 9.17) is 0 Å². The number of benzene rings is 1. The SMILES string of the molecule is CN(C)S(=O)(=O)C[C@@H]1CN(Cc2ccc3ncccc3c2)C[C@@H]1O. The molecule has 6 nitrogen and oxygen atoms in total. The van der Waals surface area contributed by atoms with Gasteiger partial charge in [0.05, 0.1) is 17.4 Å². The summed E-state index contributed by atoms with van der Waals surface area (Å²) < 4.78 is 25.3. The number of pyridine rings is 1. The van der Waals surface area contributed by atoms with E-state index in [9.17, 15) is 13.5 Å².